The smallest absolute Gasteiger partial charge is 0.127 e. The highest BCUT2D eigenvalue weighted by Gasteiger charge is 2.27. The van der Waals surface area contributed by atoms with E-state index in [-0.39, 0.29) is 0 Å². The molecule has 76 valence electrons. The van der Waals surface area contributed by atoms with Crippen LogP contribution in [0, 0.1) is 0 Å². The van der Waals surface area contributed by atoms with Crippen molar-refractivity contribution in [2.75, 3.05) is 6.54 Å². The molecular weight excluding hydrogens is 177 g/mol. The molecule has 1 nitrogen and oxygen atoms in total. The number of rotatable bonds is 4. The molecule has 0 bridgehead atoms. The van der Waals surface area contributed by atoms with E-state index >= 15 is 0 Å². The fourth-order valence-corrected chi connectivity index (χ4v) is 1.86. The van der Waals surface area contributed by atoms with Gasteiger partial charge in [-0.15, -0.1) is 0 Å². The van der Waals surface area contributed by atoms with Gasteiger partial charge in [-0.25, -0.2) is 4.39 Å². The van der Waals surface area contributed by atoms with Crippen LogP contribution in [0.2, 0.25) is 0 Å². The molecule has 14 heavy (non-hydrogen) atoms. The molecule has 0 aromatic heterocycles. The lowest BCUT2D eigenvalue weighted by Crippen LogP contribution is -2.05. The van der Waals surface area contributed by atoms with E-state index in [0.717, 1.165) is 5.56 Å². The number of alkyl halides is 1. The third kappa shape index (κ3) is 1.95. The summed E-state index contributed by atoms with van der Waals surface area (Å²) in [7, 11) is 0. The zero-order chi connectivity index (χ0) is 9.97. The van der Waals surface area contributed by atoms with Crippen LogP contribution in [0.1, 0.15) is 42.5 Å². The summed E-state index contributed by atoms with van der Waals surface area (Å²) in [5.41, 5.74) is 7.43. The first-order chi connectivity index (χ1) is 6.83. The molecule has 1 saturated carbocycles. The van der Waals surface area contributed by atoms with Gasteiger partial charge in [0, 0.05) is 0 Å². The highest BCUT2D eigenvalue weighted by molar-refractivity contribution is 5.34. The lowest BCUT2D eigenvalue weighted by molar-refractivity contribution is 0.326. The quantitative estimate of drug-likeness (QED) is 0.781. The van der Waals surface area contributed by atoms with E-state index in [4.69, 9.17) is 5.73 Å². The van der Waals surface area contributed by atoms with E-state index in [2.05, 4.69) is 6.07 Å². The van der Waals surface area contributed by atoms with E-state index in [1.165, 1.54) is 18.4 Å². The molecule has 1 aliphatic rings. The van der Waals surface area contributed by atoms with Crippen molar-refractivity contribution in [3.63, 3.8) is 0 Å². The lowest BCUT2D eigenvalue weighted by Gasteiger charge is -2.12. The molecule has 0 saturated heterocycles. The molecule has 1 aliphatic carbocycles. The summed E-state index contributed by atoms with van der Waals surface area (Å²) >= 11 is 0. The van der Waals surface area contributed by atoms with E-state index in [9.17, 15) is 4.39 Å². The summed E-state index contributed by atoms with van der Waals surface area (Å²) in [6.45, 7) is 0.417. The Hall–Kier alpha value is -0.890. The molecule has 1 fully saturated rings. The normalized spacial score (nSPS) is 18.1. The van der Waals surface area contributed by atoms with Gasteiger partial charge in [0.15, 0.2) is 0 Å². The Morgan fingerprint density at radius 3 is 2.71 bits per heavy atom. The summed E-state index contributed by atoms with van der Waals surface area (Å²) < 4.78 is 13.7. The monoisotopic (exact) mass is 193 g/mol. The second-order valence-corrected chi connectivity index (χ2v) is 3.95. The topological polar surface area (TPSA) is 26.0 Å². The van der Waals surface area contributed by atoms with Gasteiger partial charge < -0.3 is 5.73 Å². The van der Waals surface area contributed by atoms with Gasteiger partial charge in [-0.1, -0.05) is 24.3 Å². The van der Waals surface area contributed by atoms with Crippen molar-refractivity contribution in [2.24, 2.45) is 5.73 Å². The van der Waals surface area contributed by atoms with Gasteiger partial charge in [-0.2, -0.15) is 0 Å². The van der Waals surface area contributed by atoms with E-state index in [1.807, 2.05) is 18.2 Å². The Bertz CT molecular complexity index is 307. The summed E-state index contributed by atoms with van der Waals surface area (Å²) in [4.78, 5) is 0. The summed E-state index contributed by atoms with van der Waals surface area (Å²) in [6.07, 6.45) is 1.99. The molecule has 0 spiro atoms. The van der Waals surface area contributed by atoms with Gasteiger partial charge in [0.05, 0.1) is 0 Å². The summed E-state index contributed by atoms with van der Waals surface area (Å²) in [5, 5.41) is 0. The Morgan fingerprint density at radius 2 is 2.07 bits per heavy atom. The molecule has 1 atom stereocenters. The lowest BCUT2D eigenvalue weighted by atomic mass is 9.98. The van der Waals surface area contributed by atoms with Crippen LogP contribution < -0.4 is 5.73 Å². The molecule has 0 aliphatic heterocycles. The first-order valence-corrected chi connectivity index (χ1v) is 5.26. The van der Waals surface area contributed by atoms with Crippen LogP contribution in [0.5, 0.6) is 0 Å². The van der Waals surface area contributed by atoms with Gasteiger partial charge >= 0.3 is 0 Å². The van der Waals surface area contributed by atoms with Crippen molar-refractivity contribution in [1.29, 1.82) is 0 Å². The molecule has 1 aromatic carbocycles. The molecule has 2 N–H and O–H groups in total. The van der Waals surface area contributed by atoms with Crippen molar-refractivity contribution >= 4 is 0 Å². The summed E-state index contributed by atoms with van der Waals surface area (Å²) in [5.74, 6) is 0.613. The largest absolute Gasteiger partial charge is 0.330 e. The number of hydrogen-bond donors (Lipinski definition) is 1. The zero-order valence-electron chi connectivity index (χ0n) is 8.25. The van der Waals surface area contributed by atoms with Crippen molar-refractivity contribution in [3.8, 4) is 0 Å². The standard InChI is InChI=1S/C12H16FN/c13-12(7-8-14)11-4-2-1-3-10(11)9-5-6-9/h1-4,9,12H,5-8,14H2. The van der Waals surface area contributed by atoms with Crippen LogP contribution in [0.25, 0.3) is 0 Å². The Kier molecular flexibility index (Phi) is 2.82. The van der Waals surface area contributed by atoms with Crippen molar-refractivity contribution in [1.82, 2.24) is 0 Å². The maximum absolute atomic E-state index is 13.7. The predicted molar refractivity (Wildman–Crippen MR) is 55.9 cm³/mol. The maximum Gasteiger partial charge on any atom is 0.127 e. The highest BCUT2D eigenvalue weighted by Crippen LogP contribution is 2.43. The Balaban J connectivity index is 2.21. The number of nitrogens with two attached hydrogens (primary N) is 1. The van der Waals surface area contributed by atoms with Crippen molar-refractivity contribution in [2.45, 2.75) is 31.4 Å². The SMILES string of the molecule is NCCC(F)c1ccccc1C1CC1. The van der Waals surface area contributed by atoms with E-state index in [0.29, 0.717) is 18.9 Å². The number of hydrogen-bond acceptors (Lipinski definition) is 1. The Morgan fingerprint density at radius 1 is 1.36 bits per heavy atom. The fraction of sp³-hybridized carbons (Fsp3) is 0.500. The van der Waals surface area contributed by atoms with Crippen LogP contribution >= 0.6 is 0 Å². The average molecular weight is 193 g/mol. The molecule has 0 amide bonds. The van der Waals surface area contributed by atoms with Gasteiger partial charge in [-0.05, 0) is 42.9 Å². The first-order valence-electron chi connectivity index (χ1n) is 5.26. The average Bonchev–Trinajstić information content (AvgIpc) is 3.01. The van der Waals surface area contributed by atoms with Crippen LogP contribution in [0.4, 0.5) is 4.39 Å². The molecule has 1 unspecified atom stereocenters. The second-order valence-electron chi connectivity index (χ2n) is 3.95. The third-order valence-electron chi connectivity index (χ3n) is 2.77. The molecular formula is C12H16FN. The first kappa shape index (κ1) is 9.66. The molecule has 1 aromatic rings. The van der Waals surface area contributed by atoms with Crippen LogP contribution in [-0.2, 0) is 0 Å². The molecule has 0 heterocycles. The predicted octanol–water partition coefficient (Wildman–Crippen LogP) is 2.92. The van der Waals surface area contributed by atoms with Gasteiger partial charge in [-0.3, -0.25) is 0 Å². The molecule has 2 rings (SSSR count). The third-order valence-corrected chi connectivity index (χ3v) is 2.77. The maximum atomic E-state index is 13.7. The van der Waals surface area contributed by atoms with E-state index < -0.39 is 6.17 Å². The van der Waals surface area contributed by atoms with Crippen LogP contribution in [0.15, 0.2) is 24.3 Å². The van der Waals surface area contributed by atoms with Crippen molar-refractivity contribution in [3.05, 3.63) is 35.4 Å². The van der Waals surface area contributed by atoms with Crippen LogP contribution in [0.3, 0.4) is 0 Å². The van der Waals surface area contributed by atoms with Crippen molar-refractivity contribution < 1.29 is 4.39 Å². The van der Waals surface area contributed by atoms with E-state index in [1.54, 1.807) is 0 Å². The van der Waals surface area contributed by atoms with Gasteiger partial charge in [0.2, 0.25) is 0 Å². The zero-order valence-corrected chi connectivity index (χ0v) is 8.25. The van der Waals surface area contributed by atoms with Gasteiger partial charge in [0.1, 0.15) is 6.17 Å². The summed E-state index contributed by atoms with van der Waals surface area (Å²) in [6, 6.07) is 7.85. The molecule has 0 radical (unpaired) electrons. The fourth-order valence-electron chi connectivity index (χ4n) is 1.86. The van der Waals surface area contributed by atoms with Gasteiger partial charge in [0.25, 0.3) is 0 Å². The number of halogens is 1. The minimum Gasteiger partial charge on any atom is -0.330 e. The Labute approximate surface area is 84.1 Å². The molecule has 2 heteroatoms. The minimum absolute atomic E-state index is 0.417. The second kappa shape index (κ2) is 4.09. The number of benzene rings is 1. The van der Waals surface area contributed by atoms with Crippen LogP contribution in [-0.4, -0.2) is 6.54 Å². The minimum atomic E-state index is -0.878. The highest BCUT2D eigenvalue weighted by atomic mass is 19.1.